The number of fused-ring (bicyclic) bond motifs is 1. The van der Waals surface area contributed by atoms with Gasteiger partial charge in [0, 0.05) is 5.02 Å². The summed E-state index contributed by atoms with van der Waals surface area (Å²) in [6, 6.07) is 10.8. The van der Waals surface area contributed by atoms with Gasteiger partial charge in [0.15, 0.2) is 0 Å². The molecule has 0 radical (unpaired) electrons. The molecule has 0 saturated carbocycles. The zero-order valence-corrected chi connectivity index (χ0v) is 14.8. The Balaban J connectivity index is 1.95. The molecule has 1 atom stereocenters. The second-order valence-corrected chi connectivity index (χ2v) is 6.24. The first-order chi connectivity index (χ1) is 12.0. The molecule has 3 rings (SSSR count). The van der Waals surface area contributed by atoms with Gasteiger partial charge in [-0.25, -0.2) is 0 Å². The third kappa shape index (κ3) is 3.50. The van der Waals surface area contributed by atoms with Crippen LogP contribution in [0.1, 0.15) is 19.4 Å². The summed E-state index contributed by atoms with van der Waals surface area (Å²) in [5, 5.41) is 11.8. The summed E-state index contributed by atoms with van der Waals surface area (Å²) in [4.78, 5) is 25.3. The van der Waals surface area contributed by atoms with Crippen LogP contribution < -0.4 is 10.9 Å². The molecule has 0 fully saturated rings. The van der Waals surface area contributed by atoms with E-state index in [0.29, 0.717) is 33.1 Å². The molecule has 1 N–H and O–H groups in total. The molecule has 128 valence electrons. The molecule has 0 saturated heterocycles. The van der Waals surface area contributed by atoms with Gasteiger partial charge < -0.3 is 5.32 Å². The number of benzene rings is 2. The van der Waals surface area contributed by atoms with Crippen molar-refractivity contribution >= 4 is 45.7 Å². The summed E-state index contributed by atoms with van der Waals surface area (Å²) >= 11 is 11.9. The monoisotopic (exact) mass is 376 g/mol. The van der Waals surface area contributed by atoms with Crippen LogP contribution in [0, 0.1) is 0 Å². The fourth-order valence-electron chi connectivity index (χ4n) is 2.48. The zero-order chi connectivity index (χ0) is 18.0. The summed E-state index contributed by atoms with van der Waals surface area (Å²) in [6.45, 7) is 1.79. The number of halogens is 2. The van der Waals surface area contributed by atoms with Gasteiger partial charge in [-0.2, -0.15) is 4.68 Å². The second-order valence-electron chi connectivity index (χ2n) is 5.39. The van der Waals surface area contributed by atoms with Crippen LogP contribution in [-0.4, -0.2) is 20.9 Å². The normalized spacial score (nSPS) is 12.1. The highest BCUT2D eigenvalue weighted by molar-refractivity contribution is 6.36. The van der Waals surface area contributed by atoms with Crippen molar-refractivity contribution in [2.45, 2.75) is 19.4 Å². The second kappa shape index (κ2) is 7.21. The molecule has 25 heavy (non-hydrogen) atoms. The van der Waals surface area contributed by atoms with E-state index in [4.69, 9.17) is 23.2 Å². The lowest BCUT2D eigenvalue weighted by atomic mass is 10.2. The van der Waals surface area contributed by atoms with E-state index in [1.54, 1.807) is 43.3 Å². The first-order valence-electron chi connectivity index (χ1n) is 7.61. The standard InChI is InChI=1S/C17H14Cl2N4O2/c1-2-15(16(24)20-14-8-7-10(18)9-12(14)19)23-17(25)11-5-3-4-6-13(11)21-22-23/h3-9,15H,2H2,1H3,(H,20,24). The van der Waals surface area contributed by atoms with Crippen molar-refractivity contribution in [3.8, 4) is 0 Å². The van der Waals surface area contributed by atoms with Gasteiger partial charge in [0.05, 0.1) is 16.1 Å². The number of hydrogen-bond donors (Lipinski definition) is 1. The van der Waals surface area contributed by atoms with E-state index in [1.165, 1.54) is 6.07 Å². The minimum atomic E-state index is -0.809. The minimum Gasteiger partial charge on any atom is -0.323 e. The Bertz CT molecular complexity index is 1000. The van der Waals surface area contributed by atoms with Crippen molar-refractivity contribution in [1.82, 2.24) is 15.0 Å². The first kappa shape index (κ1) is 17.4. The van der Waals surface area contributed by atoms with Gasteiger partial charge in [0.25, 0.3) is 5.56 Å². The van der Waals surface area contributed by atoms with E-state index < -0.39 is 11.9 Å². The van der Waals surface area contributed by atoms with Crippen molar-refractivity contribution in [1.29, 1.82) is 0 Å². The molecule has 1 heterocycles. The number of carbonyl (C=O) groups is 1. The molecule has 0 aliphatic heterocycles. The van der Waals surface area contributed by atoms with Gasteiger partial charge in [-0.15, -0.1) is 5.10 Å². The third-order valence-corrected chi connectivity index (χ3v) is 4.31. The highest BCUT2D eigenvalue weighted by atomic mass is 35.5. The van der Waals surface area contributed by atoms with Crippen molar-refractivity contribution < 1.29 is 4.79 Å². The number of rotatable bonds is 4. The van der Waals surface area contributed by atoms with Crippen LogP contribution in [-0.2, 0) is 4.79 Å². The Hall–Kier alpha value is -2.44. The van der Waals surface area contributed by atoms with Gasteiger partial charge in [-0.1, -0.05) is 47.5 Å². The summed E-state index contributed by atoms with van der Waals surface area (Å²) < 4.78 is 1.10. The minimum absolute atomic E-state index is 0.313. The molecule has 0 aliphatic carbocycles. The van der Waals surface area contributed by atoms with Gasteiger partial charge in [-0.3, -0.25) is 9.59 Å². The number of amides is 1. The smallest absolute Gasteiger partial charge is 0.278 e. The van der Waals surface area contributed by atoms with E-state index in [2.05, 4.69) is 15.6 Å². The van der Waals surface area contributed by atoms with E-state index in [-0.39, 0.29) is 5.56 Å². The van der Waals surface area contributed by atoms with Crippen LogP contribution in [0.25, 0.3) is 10.9 Å². The lowest BCUT2D eigenvalue weighted by molar-refractivity contribution is -0.119. The third-order valence-electron chi connectivity index (χ3n) is 3.76. The Morgan fingerprint density at radius 1 is 1.24 bits per heavy atom. The van der Waals surface area contributed by atoms with E-state index in [1.807, 2.05) is 0 Å². The van der Waals surface area contributed by atoms with Gasteiger partial charge >= 0.3 is 0 Å². The molecule has 1 aromatic heterocycles. The molecule has 1 unspecified atom stereocenters. The average molecular weight is 377 g/mol. The van der Waals surface area contributed by atoms with Crippen molar-refractivity contribution in [3.63, 3.8) is 0 Å². The molecule has 0 spiro atoms. The van der Waals surface area contributed by atoms with E-state index >= 15 is 0 Å². The largest absolute Gasteiger partial charge is 0.323 e. The SMILES string of the molecule is CCC(C(=O)Nc1ccc(Cl)cc1Cl)n1nnc2ccccc2c1=O. The molecule has 6 nitrogen and oxygen atoms in total. The molecular formula is C17H14Cl2N4O2. The summed E-state index contributed by atoms with van der Waals surface area (Å²) in [5.41, 5.74) is 0.533. The fraction of sp³-hybridized carbons (Fsp3) is 0.176. The van der Waals surface area contributed by atoms with Gasteiger partial charge in [-0.05, 0) is 36.8 Å². The van der Waals surface area contributed by atoms with Crippen LogP contribution in [0.2, 0.25) is 10.0 Å². The van der Waals surface area contributed by atoms with E-state index in [0.717, 1.165) is 4.68 Å². The van der Waals surface area contributed by atoms with Crippen LogP contribution in [0.5, 0.6) is 0 Å². The first-order valence-corrected chi connectivity index (χ1v) is 8.37. The topological polar surface area (TPSA) is 76.9 Å². The number of carbonyl (C=O) groups excluding carboxylic acids is 1. The zero-order valence-electron chi connectivity index (χ0n) is 13.2. The molecule has 0 bridgehead atoms. The van der Waals surface area contributed by atoms with Gasteiger partial charge in [0.2, 0.25) is 5.91 Å². The summed E-state index contributed by atoms with van der Waals surface area (Å²) in [5.74, 6) is -0.404. The maximum Gasteiger partial charge on any atom is 0.278 e. The van der Waals surface area contributed by atoms with Crippen LogP contribution >= 0.6 is 23.2 Å². The Morgan fingerprint density at radius 2 is 2.00 bits per heavy atom. The average Bonchev–Trinajstić information content (AvgIpc) is 2.60. The van der Waals surface area contributed by atoms with Crippen molar-refractivity contribution in [2.75, 3.05) is 5.32 Å². The van der Waals surface area contributed by atoms with Gasteiger partial charge in [0.1, 0.15) is 11.6 Å². The Morgan fingerprint density at radius 3 is 2.72 bits per heavy atom. The summed E-state index contributed by atoms with van der Waals surface area (Å²) in [7, 11) is 0. The van der Waals surface area contributed by atoms with Crippen LogP contribution in [0.4, 0.5) is 5.69 Å². The maximum atomic E-state index is 12.6. The summed E-state index contributed by atoms with van der Waals surface area (Å²) in [6.07, 6.45) is 0.365. The Labute approximate surface area is 153 Å². The molecule has 2 aromatic carbocycles. The highest BCUT2D eigenvalue weighted by Gasteiger charge is 2.23. The molecular weight excluding hydrogens is 363 g/mol. The lowest BCUT2D eigenvalue weighted by Gasteiger charge is -2.17. The predicted octanol–water partition coefficient (Wildman–Crippen LogP) is 3.69. The fourth-order valence-corrected chi connectivity index (χ4v) is 2.94. The van der Waals surface area contributed by atoms with Crippen molar-refractivity contribution in [2.24, 2.45) is 0 Å². The highest BCUT2D eigenvalue weighted by Crippen LogP contribution is 2.26. The lowest BCUT2D eigenvalue weighted by Crippen LogP contribution is -2.35. The van der Waals surface area contributed by atoms with Crippen molar-refractivity contribution in [3.05, 3.63) is 62.9 Å². The number of aromatic nitrogens is 3. The molecule has 1 amide bonds. The quantitative estimate of drug-likeness (QED) is 0.752. The molecule has 8 heteroatoms. The molecule has 0 aliphatic rings. The Kier molecular flexibility index (Phi) is 5.01. The van der Waals surface area contributed by atoms with Crippen LogP contribution in [0.3, 0.4) is 0 Å². The van der Waals surface area contributed by atoms with Crippen LogP contribution in [0.15, 0.2) is 47.3 Å². The maximum absolute atomic E-state index is 12.6. The number of nitrogens with one attached hydrogen (secondary N) is 1. The predicted molar refractivity (Wildman–Crippen MR) is 98.2 cm³/mol. The number of anilines is 1. The molecule has 3 aromatic rings. The number of nitrogens with zero attached hydrogens (tertiary/aromatic N) is 3. The van der Waals surface area contributed by atoms with E-state index in [9.17, 15) is 9.59 Å². The number of hydrogen-bond acceptors (Lipinski definition) is 4.